The zero-order chi connectivity index (χ0) is 12.4. The number of nitrogen functional groups attached to an aromatic ring is 1. The highest BCUT2D eigenvalue weighted by Crippen LogP contribution is 2.23. The van der Waals surface area contributed by atoms with Crippen LogP contribution in [0, 0.1) is 17.6 Å². The normalized spacial score (nSPS) is 21.6. The van der Waals surface area contributed by atoms with Crippen molar-refractivity contribution in [2.75, 3.05) is 24.7 Å². The van der Waals surface area contributed by atoms with Gasteiger partial charge in [0.05, 0.1) is 17.4 Å². The Morgan fingerprint density at radius 2 is 2.06 bits per heavy atom. The lowest BCUT2D eigenvalue weighted by Crippen LogP contribution is -2.13. The molecule has 1 heterocycles. The van der Waals surface area contributed by atoms with Gasteiger partial charge in [-0.05, 0) is 24.5 Å². The fourth-order valence-corrected chi connectivity index (χ4v) is 3.22. The molecule has 1 aliphatic rings. The molecule has 0 aromatic heterocycles. The van der Waals surface area contributed by atoms with Crippen LogP contribution in [0.15, 0.2) is 17.0 Å². The summed E-state index contributed by atoms with van der Waals surface area (Å²) in [5, 5.41) is 0. The Balaban J connectivity index is 2.18. The van der Waals surface area contributed by atoms with Crippen LogP contribution in [0.5, 0.6) is 0 Å². The summed E-state index contributed by atoms with van der Waals surface area (Å²) in [6.45, 7) is 1.12. The minimum absolute atomic E-state index is 0.00931. The Labute approximate surface area is 100 Å². The molecule has 2 atom stereocenters. The Bertz CT molecular complexity index is 424. The molecule has 1 saturated heterocycles. The molecule has 0 spiro atoms. The van der Waals surface area contributed by atoms with E-state index in [2.05, 4.69) is 0 Å². The number of ether oxygens (including phenoxy) is 1. The van der Waals surface area contributed by atoms with Crippen LogP contribution in [0.3, 0.4) is 0 Å². The highest BCUT2D eigenvalue weighted by Gasteiger charge is 2.23. The maximum Gasteiger partial charge on any atom is 0.144 e. The molecular formula is C11H13F2NO2S. The molecule has 6 heteroatoms. The van der Waals surface area contributed by atoms with Crippen LogP contribution < -0.4 is 5.73 Å². The quantitative estimate of drug-likeness (QED) is 0.842. The fraction of sp³-hybridized carbons (Fsp3) is 0.455. The summed E-state index contributed by atoms with van der Waals surface area (Å²) in [5.74, 6) is -1.37. The first-order chi connectivity index (χ1) is 8.08. The standard InChI is InChI=1S/C11H13F2NO2S/c12-9-3-8(14)4-10(13)11(9)17(15)6-7-1-2-16-5-7/h3-4,7H,1-2,5-6,14H2. The van der Waals surface area contributed by atoms with Crippen molar-refractivity contribution in [1.82, 2.24) is 0 Å². The van der Waals surface area contributed by atoms with Gasteiger partial charge in [0.25, 0.3) is 0 Å². The molecule has 0 aliphatic carbocycles. The van der Waals surface area contributed by atoms with Gasteiger partial charge >= 0.3 is 0 Å². The van der Waals surface area contributed by atoms with E-state index in [0.29, 0.717) is 13.2 Å². The Morgan fingerprint density at radius 1 is 1.41 bits per heavy atom. The van der Waals surface area contributed by atoms with Gasteiger partial charge in [-0.15, -0.1) is 0 Å². The largest absolute Gasteiger partial charge is 0.399 e. The van der Waals surface area contributed by atoms with Gasteiger partial charge in [-0.2, -0.15) is 0 Å². The van der Waals surface area contributed by atoms with E-state index in [1.807, 2.05) is 0 Å². The van der Waals surface area contributed by atoms with Crippen LogP contribution in [0.2, 0.25) is 0 Å². The number of rotatable bonds is 3. The second kappa shape index (κ2) is 5.10. The summed E-state index contributed by atoms with van der Waals surface area (Å²) in [6, 6.07) is 1.98. The van der Waals surface area contributed by atoms with Crippen molar-refractivity contribution >= 4 is 16.5 Å². The highest BCUT2D eigenvalue weighted by atomic mass is 32.2. The van der Waals surface area contributed by atoms with Crippen molar-refractivity contribution < 1.29 is 17.7 Å². The third-order valence-electron chi connectivity index (χ3n) is 2.66. The number of nitrogens with two attached hydrogens (primary N) is 1. The highest BCUT2D eigenvalue weighted by molar-refractivity contribution is 7.85. The maximum atomic E-state index is 13.5. The van der Waals surface area contributed by atoms with Crippen LogP contribution in [-0.2, 0) is 15.5 Å². The zero-order valence-corrected chi connectivity index (χ0v) is 9.93. The summed E-state index contributed by atoms with van der Waals surface area (Å²) < 4.78 is 44.0. The fourth-order valence-electron chi connectivity index (χ4n) is 1.81. The van der Waals surface area contributed by atoms with E-state index in [0.717, 1.165) is 18.6 Å². The van der Waals surface area contributed by atoms with E-state index in [1.165, 1.54) is 0 Å². The topological polar surface area (TPSA) is 52.3 Å². The lowest BCUT2D eigenvalue weighted by atomic mass is 10.2. The molecular weight excluding hydrogens is 248 g/mol. The molecule has 0 saturated carbocycles. The van der Waals surface area contributed by atoms with Gasteiger partial charge in [0.15, 0.2) is 0 Å². The molecule has 0 amide bonds. The molecule has 0 radical (unpaired) electrons. The van der Waals surface area contributed by atoms with E-state index in [1.54, 1.807) is 0 Å². The van der Waals surface area contributed by atoms with E-state index < -0.39 is 22.4 Å². The summed E-state index contributed by atoms with van der Waals surface area (Å²) in [4.78, 5) is -0.383. The minimum atomic E-state index is -1.69. The predicted octanol–water partition coefficient (Wildman–Crippen LogP) is 1.69. The average Bonchev–Trinajstić information content (AvgIpc) is 2.68. The summed E-state index contributed by atoms with van der Waals surface area (Å²) in [5.41, 5.74) is 5.28. The first-order valence-corrected chi connectivity index (χ1v) is 6.60. The van der Waals surface area contributed by atoms with Crippen molar-refractivity contribution in [3.05, 3.63) is 23.8 Å². The monoisotopic (exact) mass is 261 g/mol. The first kappa shape index (κ1) is 12.4. The van der Waals surface area contributed by atoms with Crippen LogP contribution in [0.1, 0.15) is 6.42 Å². The molecule has 2 rings (SSSR count). The second-order valence-electron chi connectivity index (χ2n) is 4.06. The Kier molecular flexibility index (Phi) is 3.73. The van der Waals surface area contributed by atoms with E-state index in [9.17, 15) is 13.0 Å². The van der Waals surface area contributed by atoms with Crippen molar-refractivity contribution in [3.8, 4) is 0 Å². The Hall–Kier alpha value is -1.01. The third-order valence-corrected chi connectivity index (χ3v) is 4.28. The van der Waals surface area contributed by atoms with Crippen LogP contribution in [0.25, 0.3) is 0 Å². The van der Waals surface area contributed by atoms with Crippen molar-refractivity contribution in [2.24, 2.45) is 5.92 Å². The summed E-state index contributed by atoms with van der Waals surface area (Å²) >= 11 is 0. The minimum Gasteiger partial charge on any atom is -0.399 e. The van der Waals surface area contributed by atoms with Crippen molar-refractivity contribution in [2.45, 2.75) is 11.3 Å². The van der Waals surface area contributed by atoms with Gasteiger partial charge < -0.3 is 10.5 Å². The summed E-state index contributed by atoms with van der Waals surface area (Å²) in [6.07, 6.45) is 0.782. The molecule has 2 N–H and O–H groups in total. The van der Waals surface area contributed by atoms with Gasteiger partial charge in [-0.3, -0.25) is 4.21 Å². The van der Waals surface area contributed by atoms with E-state index >= 15 is 0 Å². The number of hydrogen-bond acceptors (Lipinski definition) is 3. The summed E-state index contributed by atoms with van der Waals surface area (Å²) in [7, 11) is -1.69. The molecule has 2 unspecified atom stereocenters. The number of halogens is 2. The van der Waals surface area contributed by atoms with E-state index in [4.69, 9.17) is 10.5 Å². The molecule has 17 heavy (non-hydrogen) atoms. The molecule has 1 fully saturated rings. The van der Waals surface area contributed by atoms with Crippen LogP contribution in [0.4, 0.5) is 14.5 Å². The molecule has 94 valence electrons. The Morgan fingerprint density at radius 3 is 2.59 bits per heavy atom. The zero-order valence-electron chi connectivity index (χ0n) is 9.12. The lowest BCUT2D eigenvalue weighted by molar-refractivity contribution is 0.189. The lowest BCUT2D eigenvalue weighted by Gasteiger charge is -2.09. The molecule has 1 aromatic rings. The van der Waals surface area contributed by atoms with Gasteiger partial charge in [-0.1, -0.05) is 0 Å². The van der Waals surface area contributed by atoms with Crippen molar-refractivity contribution in [3.63, 3.8) is 0 Å². The first-order valence-electron chi connectivity index (χ1n) is 5.28. The number of anilines is 1. The number of benzene rings is 1. The van der Waals surface area contributed by atoms with Crippen molar-refractivity contribution in [1.29, 1.82) is 0 Å². The van der Waals surface area contributed by atoms with Crippen LogP contribution >= 0.6 is 0 Å². The number of hydrogen-bond donors (Lipinski definition) is 1. The molecule has 3 nitrogen and oxygen atoms in total. The predicted molar refractivity (Wildman–Crippen MR) is 61.0 cm³/mol. The third kappa shape index (κ3) is 2.81. The van der Waals surface area contributed by atoms with Gasteiger partial charge in [-0.25, -0.2) is 8.78 Å². The van der Waals surface area contributed by atoms with Gasteiger partial charge in [0, 0.05) is 18.0 Å². The smallest absolute Gasteiger partial charge is 0.144 e. The van der Waals surface area contributed by atoms with Gasteiger partial charge in [0.2, 0.25) is 0 Å². The molecule has 1 aliphatic heterocycles. The van der Waals surface area contributed by atoms with Crippen LogP contribution in [-0.4, -0.2) is 23.2 Å². The molecule has 1 aromatic carbocycles. The van der Waals surface area contributed by atoms with Gasteiger partial charge in [0.1, 0.15) is 16.5 Å². The average molecular weight is 261 g/mol. The SMILES string of the molecule is Nc1cc(F)c(S(=O)CC2CCOC2)c(F)c1. The molecule has 0 bridgehead atoms. The maximum absolute atomic E-state index is 13.5. The second-order valence-corrected chi connectivity index (χ2v) is 5.49. The van der Waals surface area contributed by atoms with E-state index in [-0.39, 0.29) is 22.3 Å².